The van der Waals surface area contributed by atoms with E-state index in [-0.39, 0.29) is 17.7 Å². The van der Waals surface area contributed by atoms with Crippen LogP contribution in [0.4, 0.5) is 5.95 Å². The van der Waals surface area contributed by atoms with Gasteiger partial charge in [0.05, 0.1) is 18.1 Å². The van der Waals surface area contributed by atoms with E-state index in [0.717, 1.165) is 17.5 Å². The van der Waals surface area contributed by atoms with Gasteiger partial charge in [-0.05, 0) is 36.2 Å². The molecule has 0 fully saturated rings. The van der Waals surface area contributed by atoms with Crippen LogP contribution in [-0.2, 0) is 4.79 Å². The minimum Gasteiger partial charge on any atom is -0.497 e. The lowest BCUT2D eigenvalue weighted by Crippen LogP contribution is -2.47. The third-order valence-electron chi connectivity index (χ3n) is 4.74. The number of methoxy groups -OCH3 is 1. The largest absolute Gasteiger partial charge is 0.497 e. The van der Waals surface area contributed by atoms with Crippen LogP contribution in [0.2, 0.25) is 0 Å². The number of imidazole rings is 1. The number of para-hydroxylation sites is 2. The number of H-pyrrole nitrogens is 1. The Bertz CT molecular complexity index is 949. The Morgan fingerprint density at radius 3 is 2.68 bits per heavy atom. The predicted molar refractivity (Wildman–Crippen MR) is 108 cm³/mol. The van der Waals surface area contributed by atoms with Crippen LogP contribution in [0.25, 0.3) is 11.0 Å². The normalized spacial score (nSPS) is 13.0. The van der Waals surface area contributed by atoms with Gasteiger partial charge in [0.25, 0.3) is 5.91 Å². The van der Waals surface area contributed by atoms with Crippen LogP contribution in [0.5, 0.6) is 5.75 Å². The fourth-order valence-corrected chi connectivity index (χ4v) is 2.90. The maximum atomic E-state index is 12.9. The molecule has 7 nitrogen and oxygen atoms in total. The van der Waals surface area contributed by atoms with Crippen LogP contribution in [0.15, 0.2) is 48.5 Å². The lowest BCUT2D eigenvalue weighted by Gasteiger charge is -2.23. The quantitative estimate of drug-likeness (QED) is 0.586. The lowest BCUT2D eigenvalue weighted by molar-refractivity contribution is -0.119. The Hall–Kier alpha value is -3.35. The first-order valence-corrected chi connectivity index (χ1v) is 9.22. The first kappa shape index (κ1) is 19.4. The van der Waals surface area contributed by atoms with Gasteiger partial charge in [-0.15, -0.1) is 0 Å². The van der Waals surface area contributed by atoms with Crippen LogP contribution >= 0.6 is 0 Å². The number of rotatable bonds is 7. The molecular weight excluding hydrogens is 356 g/mol. The number of nitrogens with zero attached hydrogens (tertiary/aromatic N) is 1. The van der Waals surface area contributed by atoms with E-state index in [2.05, 4.69) is 20.6 Å². The van der Waals surface area contributed by atoms with Gasteiger partial charge in [-0.25, -0.2) is 4.98 Å². The van der Waals surface area contributed by atoms with Crippen LogP contribution in [0, 0.1) is 5.92 Å². The van der Waals surface area contributed by atoms with Crippen molar-refractivity contribution in [2.75, 3.05) is 12.4 Å². The summed E-state index contributed by atoms with van der Waals surface area (Å²) < 4.78 is 5.16. The molecular formula is C21H24N4O3. The highest BCUT2D eigenvalue weighted by molar-refractivity contribution is 6.01. The molecule has 1 heterocycles. The molecule has 0 bridgehead atoms. The summed E-state index contributed by atoms with van der Waals surface area (Å²) >= 11 is 0. The van der Waals surface area contributed by atoms with Gasteiger partial charge in [0, 0.05) is 5.56 Å². The Morgan fingerprint density at radius 1 is 1.18 bits per heavy atom. The van der Waals surface area contributed by atoms with E-state index in [9.17, 15) is 9.59 Å². The summed E-state index contributed by atoms with van der Waals surface area (Å²) in [6.07, 6.45) is 0.733. The maximum Gasteiger partial charge on any atom is 0.252 e. The van der Waals surface area contributed by atoms with E-state index in [1.54, 1.807) is 31.4 Å². The molecule has 2 aromatic carbocycles. The second-order valence-corrected chi connectivity index (χ2v) is 6.66. The molecule has 0 aliphatic carbocycles. The molecule has 0 aliphatic rings. The van der Waals surface area contributed by atoms with Crippen LogP contribution in [0.3, 0.4) is 0 Å². The summed E-state index contributed by atoms with van der Waals surface area (Å²) in [4.78, 5) is 33.0. The number of amides is 2. The number of benzene rings is 2. The molecule has 28 heavy (non-hydrogen) atoms. The fraction of sp³-hybridized carbons (Fsp3) is 0.286. The molecule has 0 aliphatic heterocycles. The van der Waals surface area contributed by atoms with Crippen molar-refractivity contribution in [2.45, 2.75) is 26.3 Å². The highest BCUT2D eigenvalue weighted by atomic mass is 16.5. The van der Waals surface area contributed by atoms with Gasteiger partial charge in [0.1, 0.15) is 11.8 Å². The van der Waals surface area contributed by atoms with Crippen molar-refractivity contribution in [1.29, 1.82) is 0 Å². The van der Waals surface area contributed by atoms with Gasteiger partial charge in [0.15, 0.2) is 0 Å². The number of aromatic amines is 1. The lowest BCUT2D eigenvalue weighted by atomic mass is 9.98. The third kappa shape index (κ3) is 4.31. The topological polar surface area (TPSA) is 96.1 Å². The van der Waals surface area contributed by atoms with Crippen LogP contribution < -0.4 is 15.4 Å². The second-order valence-electron chi connectivity index (χ2n) is 6.66. The molecule has 1 aromatic heterocycles. The summed E-state index contributed by atoms with van der Waals surface area (Å²) in [6.45, 7) is 3.90. The molecule has 3 aromatic rings. The zero-order valence-corrected chi connectivity index (χ0v) is 16.2. The highest BCUT2D eigenvalue weighted by Gasteiger charge is 2.27. The Balaban J connectivity index is 1.76. The number of carbonyl (C=O) groups is 2. The van der Waals surface area contributed by atoms with E-state index >= 15 is 0 Å². The van der Waals surface area contributed by atoms with Gasteiger partial charge in [-0.1, -0.05) is 38.5 Å². The number of nitrogens with one attached hydrogen (secondary N) is 3. The van der Waals surface area contributed by atoms with E-state index in [1.807, 2.05) is 38.1 Å². The zero-order chi connectivity index (χ0) is 20.1. The number of carbonyl (C=O) groups excluding carboxylic acids is 2. The summed E-state index contributed by atoms with van der Waals surface area (Å²) in [7, 11) is 1.54. The fourth-order valence-electron chi connectivity index (χ4n) is 2.90. The maximum absolute atomic E-state index is 12.9. The summed E-state index contributed by atoms with van der Waals surface area (Å²) in [5.41, 5.74) is 2.03. The first-order chi connectivity index (χ1) is 13.5. The van der Waals surface area contributed by atoms with Crippen molar-refractivity contribution in [3.63, 3.8) is 0 Å². The van der Waals surface area contributed by atoms with Gasteiger partial charge in [0.2, 0.25) is 11.9 Å². The molecule has 0 saturated carbocycles. The number of anilines is 1. The smallest absolute Gasteiger partial charge is 0.252 e. The molecule has 2 amide bonds. The molecule has 2 atom stereocenters. The first-order valence-electron chi connectivity index (χ1n) is 9.22. The number of fused-ring (bicyclic) bond motifs is 1. The molecule has 3 rings (SSSR count). The summed E-state index contributed by atoms with van der Waals surface area (Å²) in [6, 6.07) is 13.6. The average molecular weight is 380 g/mol. The molecule has 7 heteroatoms. The van der Waals surface area contributed by atoms with Crippen molar-refractivity contribution in [1.82, 2.24) is 15.3 Å². The molecule has 146 valence electrons. The number of aromatic nitrogens is 2. The van der Waals surface area contributed by atoms with Crippen molar-refractivity contribution < 1.29 is 14.3 Å². The minimum absolute atomic E-state index is 0.0565. The van der Waals surface area contributed by atoms with Crippen molar-refractivity contribution in [3.8, 4) is 5.75 Å². The predicted octanol–water partition coefficient (Wildman–Crippen LogP) is 3.35. The molecule has 0 radical (unpaired) electrons. The molecule has 0 spiro atoms. The van der Waals surface area contributed by atoms with Crippen molar-refractivity contribution in [2.24, 2.45) is 5.92 Å². The Labute approximate surface area is 163 Å². The van der Waals surface area contributed by atoms with Crippen molar-refractivity contribution in [3.05, 3.63) is 54.1 Å². The SMILES string of the molecule is CC[C@@H](C)[C@H](NC(=O)c1cccc(OC)c1)C(=O)Nc1nc2ccccc2[nH]1. The number of hydrogen-bond acceptors (Lipinski definition) is 4. The summed E-state index contributed by atoms with van der Waals surface area (Å²) in [5.74, 6) is 0.238. The molecule has 0 saturated heterocycles. The Morgan fingerprint density at radius 2 is 1.96 bits per heavy atom. The van der Waals surface area contributed by atoms with Gasteiger partial charge in [-0.2, -0.15) is 0 Å². The molecule has 0 unspecified atom stereocenters. The van der Waals surface area contributed by atoms with Crippen molar-refractivity contribution >= 4 is 28.8 Å². The standard InChI is InChI=1S/C21H24N4O3/c1-4-13(2)18(24-19(26)14-8-7-9-15(12-14)28-3)20(27)25-21-22-16-10-5-6-11-17(16)23-21/h5-13,18H,4H2,1-3H3,(H,24,26)(H2,22,23,25,27)/t13-,18+/m1/s1. The van der Waals surface area contributed by atoms with Gasteiger partial charge in [-0.3, -0.25) is 14.9 Å². The van der Waals surface area contributed by atoms with E-state index in [4.69, 9.17) is 4.74 Å². The van der Waals surface area contributed by atoms with Gasteiger partial charge < -0.3 is 15.0 Å². The van der Waals surface area contributed by atoms with E-state index < -0.39 is 6.04 Å². The van der Waals surface area contributed by atoms with E-state index in [1.165, 1.54) is 0 Å². The van der Waals surface area contributed by atoms with Crippen LogP contribution in [-0.4, -0.2) is 34.9 Å². The van der Waals surface area contributed by atoms with E-state index in [0.29, 0.717) is 17.3 Å². The second kappa shape index (κ2) is 8.56. The molecule has 3 N–H and O–H groups in total. The van der Waals surface area contributed by atoms with Gasteiger partial charge >= 0.3 is 0 Å². The highest BCUT2D eigenvalue weighted by Crippen LogP contribution is 2.17. The van der Waals surface area contributed by atoms with Crippen LogP contribution in [0.1, 0.15) is 30.6 Å². The summed E-state index contributed by atoms with van der Waals surface area (Å²) in [5, 5.41) is 5.62. The average Bonchev–Trinajstić information content (AvgIpc) is 3.13. The number of ether oxygens (including phenoxy) is 1. The number of hydrogen-bond donors (Lipinski definition) is 3. The Kier molecular flexibility index (Phi) is 5.93. The minimum atomic E-state index is -0.697. The third-order valence-corrected chi connectivity index (χ3v) is 4.74. The monoisotopic (exact) mass is 380 g/mol. The zero-order valence-electron chi connectivity index (χ0n) is 16.2.